The fraction of sp³-hybridized carbons (Fsp3) is 0.0182. The quantitative estimate of drug-likeness (QED) is 0.119. The molecule has 0 unspecified atom stereocenters. The molecule has 2 aromatic heterocycles. The Bertz CT molecular complexity index is 7140. The molecular weight excluding hydrogens is 1440 g/mol. The predicted molar refractivity (Wildman–Crippen MR) is 473 cm³/mol. The van der Waals surface area contributed by atoms with Crippen molar-refractivity contribution in [3.8, 4) is 180 Å². The molecule has 0 bridgehead atoms. The largest absolute Gasteiger partial charge is 0.457 e. The summed E-state index contributed by atoms with van der Waals surface area (Å²) in [5.74, 6) is 6.65. The molecule has 0 radical (unpaired) electrons. The topological polar surface area (TPSA) is 95.8 Å². The van der Waals surface area contributed by atoms with Gasteiger partial charge in [-0.05, 0) is 166 Å². The molecule has 0 atom stereocenters. The lowest BCUT2D eigenvalue weighted by molar-refractivity contribution is 0.436. The van der Waals surface area contributed by atoms with E-state index in [4.69, 9.17) is 39.4 Å². The number of benzene rings is 17. The van der Waals surface area contributed by atoms with E-state index in [9.17, 15) is 0 Å². The second kappa shape index (κ2) is 27.6. The number of aromatic nitrogens is 6. The molecule has 4 aliphatic rings. The van der Waals surface area contributed by atoms with Gasteiger partial charge in [0.05, 0.1) is 10.8 Å². The van der Waals surface area contributed by atoms with Crippen LogP contribution in [0.5, 0.6) is 23.0 Å². The first-order valence-electron chi connectivity index (χ1n) is 40.0. The minimum Gasteiger partial charge on any atom is -0.457 e. The molecule has 550 valence electrons. The van der Waals surface area contributed by atoms with E-state index in [1.807, 2.05) is 30.3 Å². The highest BCUT2D eigenvalue weighted by molar-refractivity contribution is 5.93. The van der Waals surface area contributed by atoms with Crippen LogP contribution < -0.4 is 9.47 Å². The molecule has 4 heterocycles. The Balaban J connectivity index is 0.629. The molecule has 0 fully saturated rings. The Kier molecular flexibility index (Phi) is 15.9. The van der Waals surface area contributed by atoms with E-state index in [1.165, 1.54) is 44.5 Å². The van der Waals surface area contributed by atoms with Crippen LogP contribution >= 0.6 is 0 Å². The lowest BCUT2D eigenvalue weighted by Crippen LogP contribution is -2.32. The molecule has 8 nitrogen and oxygen atoms in total. The molecular formula is C110H68N6O2. The van der Waals surface area contributed by atoms with Crippen molar-refractivity contribution in [2.45, 2.75) is 10.8 Å². The third-order valence-corrected chi connectivity index (χ3v) is 24.2. The summed E-state index contributed by atoms with van der Waals surface area (Å²) in [5, 5.41) is 0. The van der Waals surface area contributed by atoms with Gasteiger partial charge in [-0.25, -0.2) is 29.9 Å². The molecule has 8 heteroatoms. The van der Waals surface area contributed by atoms with Crippen molar-refractivity contribution >= 4 is 0 Å². The number of para-hydroxylation sites is 2. The van der Waals surface area contributed by atoms with Gasteiger partial charge in [-0.1, -0.05) is 358 Å². The summed E-state index contributed by atoms with van der Waals surface area (Å²) in [6.45, 7) is 0. The van der Waals surface area contributed by atoms with Gasteiger partial charge in [-0.2, -0.15) is 0 Å². The second-order valence-electron chi connectivity index (χ2n) is 30.7. The summed E-state index contributed by atoms with van der Waals surface area (Å²) in [5.41, 5.74) is 30.8. The number of hydrogen-bond donors (Lipinski definition) is 0. The van der Waals surface area contributed by atoms with Gasteiger partial charge in [-0.15, -0.1) is 0 Å². The maximum absolute atomic E-state index is 7.14. The van der Waals surface area contributed by atoms with Crippen LogP contribution in [0.2, 0.25) is 0 Å². The maximum atomic E-state index is 7.14. The average Bonchev–Trinajstić information content (AvgIpc) is 1.56. The van der Waals surface area contributed by atoms with Crippen molar-refractivity contribution < 1.29 is 9.47 Å². The molecule has 118 heavy (non-hydrogen) atoms. The third kappa shape index (κ3) is 11.1. The van der Waals surface area contributed by atoms with Crippen molar-refractivity contribution in [2.75, 3.05) is 0 Å². The third-order valence-electron chi connectivity index (χ3n) is 24.2. The zero-order valence-electron chi connectivity index (χ0n) is 63.8. The zero-order valence-corrected chi connectivity index (χ0v) is 63.8. The summed E-state index contributed by atoms with van der Waals surface area (Å²) in [4.78, 5) is 32.0. The number of rotatable bonds is 12. The molecule has 17 aromatic carbocycles. The van der Waals surface area contributed by atoms with E-state index >= 15 is 0 Å². The minimum atomic E-state index is -0.616. The normalized spacial score (nSPS) is 13.0. The van der Waals surface area contributed by atoms with Crippen LogP contribution in [-0.2, 0) is 10.8 Å². The highest BCUT2D eigenvalue weighted by atomic mass is 16.5. The van der Waals surface area contributed by atoms with E-state index in [0.717, 1.165) is 145 Å². The molecule has 2 aliphatic heterocycles. The van der Waals surface area contributed by atoms with Gasteiger partial charge >= 0.3 is 0 Å². The van der Waals surface area contributed by atoms with Crippen LogP contribution in [0.1, 0.15) is 44.5 Å². The number of hydrogen-bond acceptors (Lipinski definition) is 8. The van der Waals surface area contributed by atoms with Crippen LogP contribution in [0.4, 0.5) is 0 Å². The molecule has 2 spiro atoms. The van der Waals surface area contributed by atoms with E-state index in [2.05, 4.69) is 382 Å². The lowest BCUT2D eigenvalue weighted by atomic mass is 9.66. The van der Waals surface area contributed by atoms with Gasteiger partial charge in [-0.3, -0.25) is 0 Å². The predicted octanol–water partition coefficient (Wildman–Crippen LogP) is 27.0. The Morgan fingerprint density at radius 1 is 0.136 bits per heavy atom. The van der Waals surface area contributed by atoms with Gasteiger partial charge in [0, 0.05) is 55.6 Å². The van der Waals surface area contributed by atoms with E-state index in [1.54, 1.807) is 0 Å². The molecule has 0 saturated carbocycles. The summed E-state index contributed by atoms with van der Waals surface area (Å²) < 4.78 is 14.1. The summed E-state index contributed by atoms with van der Waals surface area (Å²) >= 11 is 0. The first-order valence-corrected chi connectivity index (χ1v) is 40.0. The number of nitrogens with zero attached hydrogens (tertiary/aromatic N) is 6. The molecule has 0 saturated heterocycles. The first-order chi connectivity index (χ1) is 58.4. The molecule has 0 N–H and O–H groups in total. The van der Waals surface area contributed by atoms with Crippen LogP contribution in [0, 0.1) is 0 Å². The van der Waals surface area contributed by atoms with Gasteiger partial charge in [0.1, 0.15) is 23.0 Å². The van der Waals surface area contributed by atoms with Crippen molar-refractivity contribution in [3.63, 3.8) is 0 Å². The zero-order chi connectivity index (χ0) is 77.8. The summed E-state index contributed by atoms with van der Waals surface area (Å²) in [6.07, 6.45) is 0. The number of ether oxygens (including phenoxy) is 2. The maximum Gasteiger partial charge on any atom is 0.164 e. The van der Waals surface area contributed by atoms with Gasteiger partial charge < -0.3 is 9.47 Å². The summed E-state index contributed by atoms with van der Waals surface area (Å²) in [7, 11) is 0. The SMILES string of the molecule is c1ccc(-c2ccc(-c3nc(-c4ccc(-c5cccc(-c6cc(-c7ccc8c(c7)Oc7ccccc7C87c8ccccc8-c8ccccc87)cc(-c7nc(-c8ccccc8)nc(-c8ccc(-c9ccccc9)cc8)n7)c6)c5)cc4)nc(-c4cccc(-c5ccc6c(c5)Oc5ccccc5C65c6ccccc6-c6ccccc65)c4)n3)cc2)cc1. The van der Waals surface area contributed by atoms with Crippen molar-refractivity contribution in [2.24, 2.45) is 0 Å². The number of fused-ring (bicyclic) bond motifs is 18. The Labute approximate surface area is 683 Å². The monoisotopic (exact) mass is 1500 g/mol. The highest BCUT2D eigenvalue weighted by Crippen LogP contribution is 2.64. The van der Waals surface area contributed by atoms with E-state index in [-0.39, 0.29) is 0 Å². The van der Waals surface area contributed by atoms with Crippen molar-refractivity contribution in [1.29, 1.82) is 0 Å². The summed E-state index contributed by atoms with van der Waals surface area (Å²) in [6, 6.07) is 147. The van der Waals surface area contributed by atoms with Crippen LogP contribution in [0.3, 0.4) is 0 Å². The Morgan fingerprint density at radius 2 is 0.356 bits per heavy atom. The fourth-order valence-electron chi connectivity index (χ4n) is 18.7. The molecule has 19 aromatic rings. The molecule has 2 aliphatic carbocycles. The molecule has 23 rings (SSSR count). The second-order valence-corrected chi connectivity index (χ2v) is 30.7. The van der Waals surface area contributed by atoms with Crippen LogP contribution in [0.25, 0.3) is 157 Å². The Hall–Kier alpha value is -15.6. The molecule has 0 amide bonds. The van der Waals surface area contributed by atoms with Crippen molar-refractivity contribution in [3.05, 3.63) is 457 Å². The van der Waals surface area contributed by atoms with E-state index in [0.29, 0.717) is 34.9 Å². The highest BCUT2D eigenvalue weighted by Gasteiger charge is 2.53. The van der Waals surface area contributed by atoms with E-state index < -0.39 is 10.8 Å². The van der Waals surface area contributed by atoms with Gasteiger partial charge in [0.15, 0.2) is 34.9 Å². The van der Waals surface area contributed by atoms with Gasteiger partial charge in [0.2, 0.25) is 0 Å². The first kappa shape index (κ1) is 68.0. The van der Waals surface area contributed by atoms with Crippen LogP contribution in [0.15, 0.2) is 413 Å². The minimum absolute atomic E-state index is 0.542. The average molecular weight is 1510 g/mol. The van der Waals surface area contributed by atoms with Crippen molar-refractivity contribution in [1.82, 2.24) is 29.9 Å². The lowest BCUT2D eigenvalue weighted by Gasteiger charge is -2.39. The van der Waals surface area contributed by atoms with Crippen LogP contribution in [-0.4, -0.2) is 29.9 Å². The standard InChI is InChI=1S/C110H68N6O2/c1-4-24-69(25-5-1)71-46-52-75(53-47-71)104-112-105(114-107(113-104)83-33-23-31-79(63-83)81-58-60-97-101(67-81)117-99-44-20-18-42-95(99)109(97)91-38-14-10-34-87(91)88-35-11-15-39-92(88)109)77-56-50-73(51-57-77)78-30-22-32-80(62-78)84-64-85(66-86(65-84)108-115-103(74-28-8-3-9-29-74)111-106(116-108)76-54-48-72(49-55-76)70-26-6-2-7-27-70)82-59-61-98-102(68-82)118-100-45-21-19-43-96(100)110(98)93-40-16-12-36-89(93)90-37-13-17-41-94(90)110/h1-68H. The van der Waals surface area contributed by atoms with Gasteiger partial charge in [0.25, 0.3) is 0 Å². The smallest absolute Gasteiger partial charge is 0.164 e. The fourth-order valence-corrected chi connectivity index (χ4v) is 18.7. The Morgan fingerprint density at radius 3 is 0.763 bits per heavy atom.